The van der Waals surface area contributed by atoms with Crippen molar-refractivity contribution >= 4 is 17.6 Å². The van der Waals surface area contributed by atoms with Gasteiger partial charge in [0.05, 0.1) is 11.9 Å². The Hall–Kier alpha value is -2.11. The maximum atomic E-state index is 12.4. The highest BCUT2D eigenvalue weighted by molar-refractivity contribution is 5.95. The average Bonchev–Trinajstić information content (AvgIpc) is 2.90. The summed E-state index contributed by atoms with van der Waals surface area (Å²) in [4.78, 5) is 30.7. The number of nitrogens with zero attached hydrogens (tertiary/aromatic N) is 2. The van der Waals surface area contributed by atoms with Crippen molar-refractivity contribution in [2.24, 2.45) is 11.3 Å². The van der Waals surface area contributed by atoms with Crippen molar-refractivity contribution in [3.63, 3.8) is 0 Å². The molecule has 2 atom stereocenters. The van der Waals surface area contributed by atoms with E-state index in [0.717, 1.165) is 37.9 Å². The molecule has 2 saturated carbocycles. The van der Waals surface area contributed by atoms with Gasteiger partial charge in [0, 0.05) is 36.7 Å². The van der Waals surface area contributed by atoms with E-state index in [1.165, 1.54) is 12.8 Å². The van der Waals surface area contributed by atoms with Gasteiger partial charge in [0.2, 0.25) is 5.91 Å². The number of hydrogen-bond donors (Lipinski definition) is 2. The van der Waals surface area contributed by atoms with Crippen LogP contribution in [0.3, 0.4) is 0 Å². The molecular formula is C18H24N4O2. The molecule has 6 heteroatoms. The summed E-state index contributed by atoms with van der Waals surface area (Å²) in [6.45, 7) is 1.46. The molecule has 3 amide bonds. The highest BCUT2D eigenvalue weighted by Crippen LogP contribution is 2.58. The molecule has 2 unspecified atom stereocenters. The number of pyridine rings is 1. The van der Waals surface area contributed by atoms with Gasteiger partial charge in [0.1, 0.15) is 0 Å². The summed E-state index contributed by atoms with van der Waals surface area (Å²) < 4.78 is 0. The Kier molecular flexibility index (Phi) is 3.90. The van der Waals surface area contributed by atoms with Gasteiger partial charge in [-0.15, -0.1) is 0 Å². The van der Waals surface area contributed by atoms with E-state index in [1.807, 2.05) is 17.0 Å². The molecule has 4 rings (SSSR count). The van der Waals surface area contributed by atoms with E-state index in [0.29, 0.717) is 12.6 Å². The lowest BCUT2D eigenvalue weighted by atomic mass is 10.0. The van der Waals surface area contributed by atoms with Gasteiger partial charge in [-0.05, 0) is 37.8 Å². The maximum absolute atomic E-state index is 12.4. The zero-order valence-electron chi connectivity index (χ0n) is 13.8. The number of hydrogen-bond acceptors (Lipinski definition) is 3. The normalized spacial score (nSPS) is 29.0. The Morgan fingerprint density at radius 2 is 2.12 bits per heavy atom. The van der Waals surface area contributed by atoms with Crippen LogP contribution in [0.25, 0.3) is 0 Å². The first kappa shape index (κ1) is 15.4. The molecule has 2 heterocycles. The topological polar surface area (TPSA) is 74.3 Å². The van der Waals surface area contributed by atoms with Crippen LogP contribution in [-0.2, 0) is 4.79 Å². The molecule has 0 radical (unpaired) electrons. The number of nitrogens with one attached hydrogen (secondary N) is 2. The van der Waals surface area contributed by atoms with E-state index in [2.05, 4.69) is 15.6 Å². The number of anilines is 1. The fourth-order valence-electron chi connectivity index (χ4n) is 4.24. The summed E-state index contributed by atoms with van der Waals surface area (Å²) in [5.41, 5.74) is 0.734. The van der Waals surface area contributed by atoms with Crippen LogP contribution >= 0.6 is 0 Å². The molecule has 1 aliphatic heterocycles. The number of amides is 3. The van der Waals surface area contributed by atoms with E-state index in [1.54, 1.807) is 12.4 Å². The standard InChI is InChI=1S/C18H24N4O2/c23-16(20-14-6-3-8-19-11-14)15-10-18(15)7-9-22(12-18)17(24)21-13-4-1-2-5-13/h3,6,8,11,13,15H,1-2,4-5,7,9-10,12H2,(H,20,23)(H,21,24). The first-order valence-electron chi connectivity index (χ1n) is 8.93. The van der Waals surface area contributed by atoms with E-state index in [4.69, 9.17) is 0 Å². The third kappa shape index (κ3) is 2.97. The van der Waals surface area contributed by atoms with Gasteiger partial charge in [-0.3, -0.25) is 9.78 Å². The Morgan fingerprint density at radius 3 is 2.88 bits per heavy atom. The number of likely N-dealkylation sites (tertiary alicyclic amines) is 1. The lowest BCUT2D eigenvalue weighted by molar-refractivity contribution is -0.118. The molecule has 3 aliphatic rings. The Balaban J connectivity index is 1.30. The second-order valence-electron chi connectivity index (χ2n) is 7.45. The number of carbonyl (C=O) groups excluding carboxylic acids is 2. The first-order valence-corrected chi connectivity index (χ1v) is 8.93. The predicted molar refractivity (Wildman–Crippen MR) is 90.4 cm³/mol. The monoisotopic (exact) mass is 328 g/mol. The minimum Gasteiger partial charge on any atom is -0.335 e. The number of rotatable bonds is 3. The summed E-state index contributed by atoms with van der Waals surface area (Å²) in [6.07, 6.45) is 9.77. The van der Waals surface area contributed by atoms with Gasteiger partial charge in [-0.25, -0.2) is 4.79 Å². The van der Waals surface area contributed by atoms with Crippen LogP contribution in [0.15, 0.2) is 24.5 Å². The second kappa shape index (κ2) is 6.07. The van der Waals surface area contributed by atoms with Crippen molar-refractivity contribution in [1.29, 1.82) is 0 Å². The molecule has 24 heavy (non-hydrogen) atoms. The van der Waals surface area contributed by atoms with Crippen molar-refractivity contribution in [1.82, 2.24) is 15.2 Å². The number of carbonyl (C=O) groups is 2. The minimum absolute atomic E-state index is 0.000686. The van der Waals surface area contributed by atoms with Crippen LogP contribution in [0.4, 0.5) is 10.5 Å². The quantitative estimate of drug-likeness (QED) is 0.894. The van der Waals surface area contributed by atoms with Gasteiger partial charge in [-0.1, -0.05) is 12.8 Å². The Bertz CT molecular complexity index is 629. The fourth-order valence-corrected chi connectivity index (χ4v) is 4.24. The van der Waals surface area contributed by atoms with Crippen molar-refractivity contribution in [3.05, 3.63) is 24.5 Å². The molecule has 2 aliphatic carbocycles. The molecule has 128 valence electrons. The van der Waals surface area contributed by atoms with Crippen LogP contribution in [0, 0.1) is 11.3 Å². The maximum Gasteiger partial charge on any atom is 0.317 e. The van der Waals surface area contributed by atoms with Gasteiger partial charge >= 0.3 is 6.03 Å². The molecule has 2 N–H and O–H groups in total. The van der Waals surface area contributed by atoms with Crippen molar-refractivity contribution in [3.8, 4) is 0 Å². The van der Waals surface area contributed by atoms with Crippen LogP contribution < -0.4 is 10.6 Å². The van der Waals surface area contributed by atoms with Crippen LogP contribution in [0.5, 0.6) is 0 Å². The summed E-state index contributed by atoms with van der Waals surface area (Å²) in [6, 6.07) is 4.05. The van der Waals surface area contributed by atoms with Gasteiger partial charge in [0.15, 0.2) is 0 Å². The average molecular weight is 328 g/mol. The van der Waals surface area contributed by atoms with E-state index in [-0.39, 0.29) is 23.3 Å². The largest absolute Gasteiger partial charge is 0.335 e. The number of urea groups is 1. The second-order valence-corrected chi connectivity index (χ2v) is 7.45. The van der Waals surface area contributed by atoms with E-state index < -0.39 is 0 Å². The summed E-state index contributed by atoms with van der Waals surface area (Å²) in [5.74, 6) is 0.0723. The SMILES string of the molecule is O=C(Nc1cccnc1)C1CC12CCN(C(=O)NC1CCCC1)C2. The van der Waals surface area contributed by atoms with Gasteiger partial charge in [-0.2, -0.15) is 0 Å². The zero-order valence-corrected chi connectivity index (χ0v) is 13.8. The lowest BCUT2D eigenvalue weighted by Gasteiger charge is -2.20. The first-order chi connectivity index (χ1) is 11.7. The van der Waals surface area contributed by atoms with Crippen molar-refractivity contribution < 1.29 is 9.59 Å². The lowest BCUT2D eigenvalue weighted by Crippen LogP contribution is -2.43. The third-order valence-corrected chi connectivity index (χ3v) is 5.79. The van der Waals surface area contributed by atoms with Gasteiger partial charge < -0.3 is 15.5 Å². The summed E-state index contributed by atoms with van der Waals surface area (Å²) in [7, 11) is 0. The molecule has 1 aromatic heterocycles. The van der Waals surface area contributed by atoms with Crippen LogP contribution in [0.2, 0.25) is 0 Å². The molecule has 1 aromatic rings. The molecule has 0 bridgehead atoms. The molecule has 1 spiro atoms. The predicted octanol–water partition coefficient (Wildman–Crippen LogP) is 2.38. The van der Waals surface area contributed by atoms with Crippen molar-refractivity contribution in [2.75, 3.05) is 18.4 Å². The highest BCUT2D eigenvalue weighted by atomic mass is 16.2. The molecule has 6 nitrogen and oxygen atoms in total. The third-order valence-electron chi connectivity index (χ3n) is 5.79. The molecule has 0 aromatic carbocycles. The summed E-state index contributed by atoms with van der Waals surface area (Å²) in [5, 5.41) is 6.09. The summed E-state index contributed by atoms with van der Waals surface area (Å²) >= 11 is 0. The smallest absolute Gasteiger partial charge is 0.317 e. The van der Waals surface area contributed by atoms with E-state index in [9.17, 15) is 9.59 Å². The number of aromatic nitrogens is 1. The van der Waals surface area contributed by atoms with Crippen LogP contribution in [-0.4, -0.2) is 41.0 Å². The van der Waals surface area contributed by atoms with E-state index >= 15 is 0 Å². The fraction of sp³-hybridized carbons (Fsp3) is 0.611. The van der Waals surface area contributed by atoms with Crippen LogP contribution in [0.1, 0.15) is 38.5 Å². The molecular weight excluding hydrogens is 304 g/mol. The van der Waals surface area contributed by atoms with Crippen molar-refractivity contribution in [2.45, 2.75) is 44.6 Å². The Labute approximate surface area is 142 Å². The highest BCUT2D eigenvalue weighted by Gasteiger charge is 2.61. The minimum atomic E-state index is -0.000686. The Morgan fingerprint density at radius 1 is 1.29 bits per heavy atom. The molecule has 1 saturated heterocycles. The van der Waals surface area contributed by atoms with Gasteiger partial charge in [0.25, 0.3) is 0 Å². The zero-order chi connectivity index (χ0) is 16.6. The molecule has 3 fully saturated rings.